The fourth-order valence-electron chi connectivity index (χ4n) is 1.58. The Kier molecular flexibility index (Phi) is 2.95. The molecule has 0 spiro atoms. The summed E-state index contributed by atoms with van der Waals surface area (Å²) in [5, 5.41) is 1.62. The van der Waals surface area contributed by atoms with Crippen LogP contribution in [-0.2, 0) is 4.79 Å². The summed E-state index contributed by atoms with van der Waals surface area (Å²) in [6, 6.07) is 7.38. The summed E-state index contributed by atoms with van der Waals surface area (Å²) in [5.41, 5.74) is 0. The van der Waals surface area contributed by atoms with Crippen molar-refractivity contribution in [2.45, 2.75) is 6.42 Å². The number of fused-ring (bicyclic) bond motifs is 1. The molecule has 1 aromatic carbocycles. The van der Waals surface area contributed by atoms with Gasteiger partial charge >= 0.3 is 0 Å². The van der Waals surface area contributed by atoms with Gasteiger partial charge in [0.1, 0.15) is 0 Å². The summed E-state index contributed by atoms with van der Waals surface area (Å²) in [5.74, 6) is -0.254. The topological polar surface area (TPSA) is 50.5 Å². The molecule has 4 heteroatoms. The van der Waals surface area contributed by atoms with Crippen molar-refractivity contribution in [2.75, 3.05) is 14.1 Å². The van der Waals surface area contributed by atoms with Crippen molar-refractivity contribution in [3.8, 4) is 0 Å². The van der Waals surface area contributed by atoms with E-state index in [1.807, 2.05) is 24.3 Å². The molecule has 0 aliphatic rings. The van der Waals surface area contributed by atoms with E-state index < -0.39 is 0 Å². The molecule has 1 heterocycles. The Labute approximate surface area is 98.8 Å². The number of ketones is 1. The quantitative estimate of drug-likeness (QED) is 0.600. The van der Waals surface area contributed by atoms with Crippen LogP contribution in [0.2, 0.25) is 0 Å². The fourth-order valence-corrected chi connectivity index (χ4v) is 1.58. The lowest BCUT2D eigenvalue weighted by Gasteiger charge is -2.08. The minimum absolute atomic E-state index is 0.162. The zero-order valence-corrected chi connectivity index (χ0v) is 9.77. The third kappa shape index (κ3) is 2.20. The Morgan fingerprint density at radius 2 is 1.94 bits per heavy atom. The minimum atomic E-state index is -0.287. The number of Topliss-reactive ketones (excluding diaryl/α,β-unsaturated/α-hetero) is 1. The molecule has 17 heavy (non-hydrogen) atoms. The SMILES string of the molecule is CN(C)C(=O)CC(=O)c1occ2ccccc12. The number of hydrogen-bond donors (Lipinski definition) is 0. The first kappa shape index (κ1) is 11.4. The molecule has 0 fully saturated rings. The van der Waals surface area contributed by atoms with Gasteiger partial charge in [0, 0.05) is 24.9 Å². The largest absolute Gasteiger partial charge is 0.460 e. The van der Waals surface area contributed by atoms with Crippen LogP contribution < -0.4 is 0 Å². The van der Waals surface area contributed by atoms with Gasteiger partial charge in [-0.2, -0.15) is 0 Å². The Morgan fingerprint density at radius 3 is 2.65 bits per heavy atom. The van der Waals surface area contributed by atoms with Crippen molar-refractivity contribution >= 4 is 22.5 Å². The van der Waals surface area contributed by atoms with Crippen LogP contribution in [-0.4, -0.2) is 30.7 Å². The Hall–Kier alpha value is -2.10. The highest BCUT2D eigenvalue weighted by Crippen LogP contribution is 2.21. The van der Waals surface area contributed by atoms with Gasteiger partial charge in [0.25, 0.3) is 0 Å². The second-order valence-electron chi connectivity index (χ2n) is 4.04. The minimum Gasteiger partial charge on any atom is -0.460 e. The number of rotatable bonds is 3. The molecular weight excluding hydrogens is 218 g/mol. The molecule has 0 atom stereocenters. The number of hydrogen-bond acceptors (Lipinski definition) is 3. The monoisotopic (exact) mass is 231 g/mol. The van der Waals surface area contributed by atoms with Crippen LogP contribution in [0.3, 0.4) is 0 Å². The lowest BCUT2D eigenvalue weighted by Crippen LogP contribution is -2.24. The molecule has 0 saturated heterocycles. The fraction of sp³-hybridized carbons (Fsp3) is 0.231. The molecule has 0 aliphatic heterocycles. The molecule has 4 nitrogen and oxygen atoms in total. The van der Waals surface area contributed by atoms with E-state index in [0.29, 0.717) is 0 Å². The predicted molar refractivity (Wildman–Crippen MR) is 63.9 cm³/mol. The molecule has 0 unspecified atom stereocenters. The second-order valence-corrected chi connectivity index (χ2v) is 4.04. The number of carbonyl (C=O) groups excluding carboxylic acids is 2. The number of nitrogens with zero attached hydrogens (tertiary/aromatic N) is 1. The van der Waals surface area contributed by atoms with E-state index in [9.17, 15) is 9.59 Å². The normalized spacial score (nSPS) is 10.5. The van der Waals surface area contributed by atoms with Gasteiger partial charge in [-0.3, -0.25) is 9.59 Å². The van der Waals surface area contributed by atoms with E-state index in [1.54, 1.807) is 14.1 Å². The van der Waals surface area contributed by atoms with Gasteiger partial charge in [-0.05, 0) is 0 Å². The zero-order chi connectivity index (χ0) is 12.4. The third-order valence-electron chi connectivity index (χ3n) is 2.57. The van der Waals surface area contributed by atoms with Crippen LogP contribution in [0.15, 0.2) is 34.9 Å². The predicted octanol–water partition coefficient (Wildman–Crippen LogP) is 2.09. The van der Waals surface area contributed by atoms with Crippen molar-refractivity contribution in [2.24, 2.45) is 0 Å². The third-order valence-corrected chi connectivity index (χ3v) is 2.57. The Bertz CT molecular complexity index is 569. The second kappa shape index (κ2) is 4.41. The van der Waals surface area contributed by atoms with Crippen LogP contribution >= 0.6 is 0 Å². The highest BCUT2D eigenvalue weighted by molar-refractivity contribution is 6.12. The smallest absolute Gasteiger partial charge is 0.230 e. The maximum Gasteiger partial charge on any atom is 0.230 e. The first-order valence-electron chi connectivity index (χ1n) is 5.29. The van der Waals surface area contributed by atoms with Gasteiger partial charge in [0.15, 0.2) is 5.76 Å². The number of amides is 1. The molecule has 2 aromatic rings. The van der Waals surface area contributed by atoms with Gasteiger partial charge in [0.05, 0.1) is 12.7 Å². The number of benzene rings is 1. The summed E-state index contributed by atoms with van der Waals surface area (Å²) >= 11 is 0. The maximum atomic E-state index is 11.9. The lowest BCUT2D eigenvalue weighted by atomic mass is 10.1. The van der Waals surface area contributed by atoms with E-state index in [2.05, 4.69) is 0 Å². The summed E-state index contributed by atoms with van der Waals surface area (Å²) in [4.78, 5) is 24.7. The molecule has 2 rings (SSSR count). The molecule has 0 saturated carbocycles. The molecule has 1 amide bonds. The average molecular weight is 231 g/mol. The van der Waals surface area contributed by atoms with Crippen LogP contribution in [0.5, 0.6) is 0 Å². The van der Waals surface area contributed by atoms with Gasteiger partial charge in [-0.1, -0.05) is 24.3 Å². The standard InChI is InChI=1S/C13H13NO3/c1-14(2)12(16)7-11(15)13-10-6-4-3-5-9(10)8-17-13/h3-6,8H,7H2,1-2H3. The van der Waals surface area contributed by atoms with E-state index in [1.165, 1.54) is 11.2 Å². The molecule has 0 radical (unpaired) electrons. The first-order chi connectivity index (χ1) is 8.09. The van der Waals surface area contributed by atoms with Crippen molar-refractivity contribution in [3.05, 3.63) is 36.3 Å². The van der Waals surface area contributed by atoms with Gasteiger partial charge in [-0.25, -0.2) is 0 Å². The summed E-state index contributed by atoms with van der Waals surface area (Å²) < 4.78 is 5.24. The molecular formula is C13H13NO3. The van der Waals surface area contributed by atoms with E-state index >= 15 is 0 Å². The lowest BCUT2D eigenvalue weighted by molar-refractivity contribution is -0.127. The first-order valence-corrected chi connectivity index (χ1v) is 5.29. The van der Waals surface area contributed by atoms with E-state index in [-0.39, 0.29) is 23.9 Å². The number of carbonyl (C=O) groups is 2. The van der Waals surface area contributed by atoms with Crippen molar-refractivity contribution in [1.29, 1.82) is 0 Å². The van der Waals surface area contributed by atoms with Crippen LogP contribution in [0.4, 0.5) is 0 Å². The van der Waals surface area contributed by atoms with Crippen LogP contribution in [0, 0.1) is 0 Å². The van der Waals surface area contributed by atoms with E-state index in [4.69, 9.17) is 4.42 Å². The maximum absolute atomic E-state index is 11.9. The van der Waals surface area contributed by atoms with Crippen molar-refractivity contribution in [3.63, 3.8) is 0 Å². The Morgan fingerprint density at radius 1 is 1.24 bits per heavy atom. The highest BCUT2D eigenvalue weighted by Gasteiger charge is 2.18. The summed E-state index contributed by atoms with van der Waals surface area (Å²) in [6.45, 7) is 0. The van der Waals surface area contributed by atoms with Crippen LogP contribution in [0.25, 0.3) is 10.8 Å². The van der Waals surface area contributed by atoms with Crippen LogP contribution in [0.1, 0.15) is 17.0 Å². The number of furan rings is 1. The van der Waals surface area contributed by atoms with E-state index in [0.717, 1.165) is 10.8 Å². The molecule has 0 aliphatic carbocycles. The molecule has 88 valence electrons. The summed E-state index contributed by atoms with van der Waals surface area (Å²) in [6.07, 6.45) is 1.37. The Balaban J connectivity index is 2.28. The van der Waals surface area contributed by atoms with Gasteiger partial charge in [0.2, 0.25) is 11.7 Å². The molecule has 0 N–H and O–H groups in total. The summed E-state index contributed by atoms with van der Waals surface area (Å²) in [7, 11) is 3.24. The molecule has 0 bridgehead atoms. The zero-order valence-electron chi connectivity index (χ0n) is 9.77. The van der Waals surface area contributed by atoms with Gasteiger partial charge < -0.3 is 9.32 Å². The van der Waals surface area contributed by atoms with Crippen molar-refractivity contribution in [1.82, 2.24) is 4.90 Å². The van der Waals surface area contributed by atoms with Gasteiger partial charge in [-0.15, -0.1) is 0 Å². The average Bonchev–Trinajstić information content (AvgIpc) is 2.72. The van der Waals surface area contributed by atoms with Crippen molar-refractivity contribution < 1.29 is 14.0 Å². The molecule has 1 aromatic heterocycles. The highest BCUT2D eigenvalue weighted by atomic mass is 16.3.